The molecule has 0 bridgehead atoms. The van der Waals surface area contributed by atoms with Crippen LogP contribution in [0.1, 0.15) is 22.6 Å². The number of carbonyl (C=O) groups is 1. The second kappa shape index (κ2) is 7.94. The van der Waals surface area contributed by atoms with Crippen molar-refractivity contribution < 1.29 is 9.32 Å². The van der Waals surface area contributed by atoms with Gasteiger partial charge in [-0.05, 0) is 43.7 Å². The number of carbonyl (C=O) groups excluding carboxylic acids is 1. The Balaban J connectivity index is 1.94. The number of benzene rings is 2. The maximum atomic E-state index is 13.1. The van der Waals surface area contributed by atoms with Crippen molar-refractivity contribution in [1.82, 2.24) is 5.16 Å². The molecule has 3 rings (SSSR count). The number of para-hydroxylation sites is 1. The summed E-state index contributed by atoms with van der Waals surface area (Å²) in [5.74, 6) is 0.596. The summed E-state index contributed by atoms with van der Waals surface area (Å²) in [6.07, 6.45) is 0.108. The Morgan fingerprint density at radius 3 is 2.23 bits per heavy atom. The van der Waals surface area contributed by atoms with Gasteiger partial charge in [0, 0.05) is 21.3 Å². The highest BCUT2D eigenvalue weighted by molar-refractivity contribution is 6.36. The molecule has 1 heterocycles. The zero-order chi connectivity index (χ0) is 18.7. The van der Waals surface area contributed by atoms with Gasteiger partial charge >= 0.3 is 0 Å². The number of halogens is 2. The van der Waals surface area contributed by atoms with Gasteiger partial charge in [0.15, 0.2) is 0 Å². The molecule has 2 aromatic carbocycles. The van der Waals surface area contributed by atoms with Crippen LogP contribution >= 0.6 is 23.2 Å². The Labute approximate surface area is 162 Å². The van der Waals surface area contributed by atoms with E-state index < -0.39 is 0 Å². The zero-order valence-electron chi connectivity index (χ0n) is 14.5. The molecule has 1 aromatic heterocycles. The van der Waals surface area contributed by atoms with Gasteiger partial charge < -0.3 is 9.42 Å². The molecule has 0 saturated carbocycles. The summed E-state index contributed by atoms with van der Waals surface area (Å²) >= 11 is 12.5. The molecule has 0 saturated heterocycles. The summed E-state index contributed by atoms with van der Waals surface area (Å²) in [6.45, 7) is 4.07. The van der Waals surface area contributed by atoms with Gasteiger partial charge in [0.05, 0.1) is 18.7 Å². The molecule has 0 spiro atoms. The molecular weight excluding hydrogens is 371 g/mol. The van der Waals surface area contributed by atoms with Gasteiger partial charge in [-0.1, -0.05) is 52.6 Å². The maximum Gasteiger partial charge on any atom is 0.231 e. The van der Waals surface area contributed by atoms with Crippen LogP contribution in [0.4, 0.5) is 5.69 Å². The van der Waals surface area contributed by atoms with Gasteiger partial charge in [-0.3, -0.25) is 4.79 Å². The largest absolute Gasteiger partial charge is 0.361 e. The molecule has 6 heteroatoms. The number of aromatic nitrogens is 1. The Bertz CT molecular complexity index is 883. The van der Waals surface area contributed by atoms with Gasteiger partial charge in [-0.15, -0.1) is 0 Å². The van der Waals surface area contributed by atoms with Crippen LogP contribution in [-0.4, -0.2) is 11.1 Å². The first-order valence-corrected chi connectivity index (χ1v) is 8.93. The summed E-state index contributed by atoms with van der Waals surface area (Å²) in [5.41, 5.74) is 3.08. The van der Waals surface area contributed by atoms with Crippen LogP contribution in [0.25, 0.3) is 0 Å². The number of amides is 1. The van der Waals surface area contributed by atoms with Crippen molar-refractivity contribution in [2.45, 2.75) is 26.8 Å². The molecule has 1 amide bonds. The normalized spacial score (nSPS) is 10.8. The molecule has 0 atom stereocenters. The minimum atomic E-state index is -0.105. The summed E-state index contributed by atoms with van der Waals surface area (Å²) in [6, 6.07) is 14.7. The highest BCUT2D eigenvalue weighted by atomic mass is 35.5. The second-order valence-electron chi connectivity index (χ2n) is 6.00. The Morgan fingerprint density at radius 1 is 1.00 bits per heavy atom. The molecule has 0 aliphatic carbocycles. The van der Waals surface area contributed by atoms with E-state index in [0.717, 1.165) is 16.9 Å². The van der Waals surface area contributed by atoms with E-state index >= 15 is 0 Å². The van der Waals surface area contributed by atoms with E-state index in [1.54, 1.807) is 23.1 Å². The van der Waals surface area contributed by atoms with Crippen LogP contribution in [-0.2, 0) is 17.8 Å². The van der Waals surface area contributed by atoms with Crippen LogP contribution in [0.3, 0.4) is 0 Å². The zero-order valence-corrected chi connectivity index (χ0v) is 16.0. The smallest absolute Gasteiger partial charge is 0.231 e. The molecule has 0 aliphatic rings. The summed E-state index contributed by atoms with van der Waals surface area (Å²) in [7, 11) is 0. The average Bonchev–Trinajstić information content (AvgIpc) is 2.95. The lowest BCUT2D eigenvalue weighted by molar-refractivity contribution is -0.118. The average molecular weight is 389 g/mol. The monoisotopic (exact) mass is 388 g/mol. The predicted molar refractivity (Wildman–Crippen MR) is 104 cm³/mol. The topological polar surface area (TPSA) is 46.3 Å². The summed E-state index contributed by atoms with van der Waals surface area (Å²) in [4.78, 5) is 14.8. The van der Waals surface area contributed by atoms with E-state index in [4.69, 9.17) is 27.7 Å². The highest BCUT2D eigenvalue weighted by Crippen LogP contribution is 2.27. The molecule has 3 aromatic rings. The second-order valence-corrected chi connectivity index (χ2v) is 6.81. The number of anilines is 1. The number of hydrogen-bond acceptors (Lipinski definition) is 3. The Kier molecular flexibility index (Phi) is 5.64. The van der Waals surface area contributed by atoms with E-state index in [0.29, 0.717) is 27.9 Å². The first-order chi connectivity index (χ1) is 12.5. The summed E-state index contributed by atoms with van der Waals surface area (Å²) in [5, 5.41) is 4.94. The van der Waals surface area contributed by atoms with Crippen molar-refractivity contribution in [3.8, 4) is 0 Å². The minimum Gasteiger partial charge on any atom is -0.361 e. The molecule has 134 valence electrons. The number of hydrogen-bond donors (Lipinski definition) is 0. The number of nitrogens with zero attached hydrogens (tertiary/aromatic N) is 2. The van der Waals surface area contributed by atoms with Crippen LogP contribution in [0, 0.1) is 13.8 Å². The van der Waals surface area contributed by atoms with Crippen LogP contribution in [0.5, 0.6) is 0 Å². The fourth-order valence-corrected chi connectivity index (χ4v) is 3.30. The molecular formula is C20H18Cl2N2O2. The molecule has 0 N–H and O–H groups in total. The lowest BCUT2D eigenvalue weighted by atomic mass is 10.1. The van der Waals surface area contributed by atoms with E-state index in [2.05, 4.69) is 5.16 Å². The highest BCUT2D eigenvalue weighted by Gasteiger charge is 2.22. The molecule has 4 nitrogen and oxygen atoms in total. The third kappa shape index (κ3) is 3.92. The van der Waals surface area contributed by atoms with Crippen molar-refractivity contribution in [3.05, 3.63) is 81.2 Å². The van der Waals surface area contributed by atoms with E-state index in [-0.39, 0.29) is 12.3 Å². The lowest BCUT2D eigenvalue weighted by Crippen LogP contribution is -2.32. The van der Waals surface area contributed by atoms with Crippen molar-refractivity contribution in [2.75, 3.05) is 4.90 Å². The van der Waals surface area contributed by atoms with Crippen molar-refractivity contribution in [3.63, 3.8) is 0 Å². The first-order valence-electron chi connectivity index (χ1n) is 8.17. The van der Waals surface area contributed by atoms with Gasteiger partial charge in [0.25, 0.3) is 0 Å². The number of rotatable bonds is 5. The van der Waals surface area contributed by atoms with E-state index in [1.807, 2.05) is 44.2 Å². The van der Waals surface area contributed by atoms with Crippen molar-refractivity contribution >= 4 is 34.8 Å². The van der Waals surface area contributed by atoms with Crippen LogP contribution in [0.2, 0.25) is 10.0 Å². The summed E-state index contributed by atoms with van der Waals surface area (Å²) < 4.78 is 5.24. The molecule has 0 unspecified atom stereocenters. The third-order valence-corrected chi connectivity index (χ3v) is 4.96. The van der Waals surface area contributed by atoms with Crippen molar-refractivity contribution in [1.29, 1.82) is 0 Å². The van der Waals surface area contributed by atoms with Crippen molar-refractivity contribution in [2.24, 2.45) is 0 Å². The molecule has 0 aliphatic heterocycles. The van der Waals surface area contributed by atoms with E-state index in [9.17, 15) is 4.79 Å². The SMILES string of the molecule is Cc1noc(C)c1CN(C(=O)Cc1c(Cl)cccc1Cl)c1ccccc1. The number of aryl methyl sites for hydroxylation is 2. The van der Waals surface area contributed by atoms with E-state index in [1.165, 1.54) is 0 Å². The predicted octanol–water partition coefficient (Wildman–Crippen LogP) is 5.37. The maximum absolute atomic E-state index is 13.1. The fourth-order valence-electron chi connectivity index (χ4n) is 2.77. The van der Waals surface area contributed by atoms with Gasteiger partial charge in [0.1, 0.15) is 5.76 Å². The first kappa shape index (κ1) is 18.5. The quantitative estimate of drug-likeness (QED) is 0.589. The third-order valence-electron chi connectivity index (χ3n) is 4.26. The fraction of sp³-hybridized carbons (Fsp3) is 0.200. The molecule has 26 heavy (non-hydrogen) atoms. The van der Waals surface area contributed by atoms with Gasteiger partial charge in [0.2, 0.25) is 5.91 Å². The minimum absolute atomic E-state index is 0.105. The van der Waals surface area contributed by atoms with Gasteiger partial charge in [-0.25, -0.2) is 0 Å². The van der Waals surface area contributed by atoms with Gasteiger partial charge in [-0.2, -0.15) is 0 Å². The standard InChI is InChI=1S/C20H18Cl2N2O2/c1-13-17(14(2)26-23-13)12-24(15-7-4-3-5-8-15)20(25)11-16-18(21)9-6-10-19(16)22/h3-10H,11-12H2,1-2H3. The molecule has 0 fully saturated rings. The Hall–Kier alpha value is -2.30. The van der Waals surface area contributed by atoms with Crippen LogP contribution in [0.15, 0.2) is 53.1 Å². The lowest BCUT2D eigenvalue weighted by Gasteiger charge is -2.23. The molecule has 0 radical (unpaired) electrons. The Morgan fingerprint density at radius 2 is 1.65 bits per heavy atom. The van der Waals surface area contributed by atoms with Crippen LogP contribution < -0.4 is 4.90 Å².